The van der Waals surface area contributed by atoms with Gasteiger partial charge in [-0.2, -0.15) is 0 Å². The maximum absolute atomic E-state index is 13.2. The van der Waals surface area contributed by atoms with Crippen LogP contribution in [-0.2, 0) is 9.53 Å². The first-order chi connectivity index (χ1) is 13.5. The van der Waals surface area contributed by atoms with Crippen LogP contribution in [0.25, 0.3) is 0 Å². The van der Waals surface area contributed by atoms with Gasteiger partial charge in [0.2, 0.25) is 5.91 Å². The van der Waals surface area contributed by atoms with Gasteiger partial charge < -0.3 is 19.4 Å². The molecule has 0 aliphatic carbocycles. The van der Waals surface area contributed by atoms with Crippen LogP contribution in [0.15, 0.2) is 24.3 Å². The molecule has 2 fully saturated rings. The zero-order valence-electron chi connectivity index (χ0n) is 17.6. The van der Waals surface area contributed by atoms with Gasteiger partial charge in [0.05, 0.1) is 6.10 Å². The van der Waals surface area contributed by atoms with Crippen LogP contribution in [0.5, 0.6) is 0 Å². The van der Waals surface area contributed by atoms with Crippen LogP contribution in [0.4, 0.5) is 5.69 Å². The maximum Gasteiger partial charge on any atom is 0.254 e. The van der Waals surface area contributed by atoms with E-state index in [0.29, 0.717) is 24.6 Å². The highest BCUT2D eigenvalue weighted by Crippen LogP contribution is 2.26. The van der Waals surface area contributed by atoms with Gasteiger partial charge >= 0.3 is 0 Å². The Labute approximate surface area is 168 Å². The SMILES string of the molecule is CCN(c1ccc(C(=O)N2C[C@@H](OC)C[C@H]2C(=O)N2CCCC2)cc1)C(C)C. The van der Waals surface area contributed by atoms with Crippen LogP contribution in [0.1, 0.15) is 50.4 Å². The molecule has 2 atom stereocenters. The van der Waals surface area contributed by atoms with E-state index >= 15 is 0 Å². The molecule has 2 aliphatic heterocycles. The van der Waals surface area contributed by atoms with Crippen LogP contribution < -0.4 is 4.90 Å². The predicted molar refractivity (Wildman–Crippen MR) is 111 cm³/mol. The van der Waals surface area contributed by atoms with E-state index in [0.717, 1.165) is 38.2 Å². The number of ether oxygens (including phenoxy) is 1. The van der Waals surface area contributed by atoms with Gasteiger partial charge in [-0.25, -0.2) is 0 Å². The standard InChI is InChI=1S/C22H33N3O3/c1-5-24(16(2)3)18-10-8-17(9-11-18)21(26)25-15-19(28-4)14-20(25)22(27)23-12-6-7-13-23/h8-11,16,19-20H,5-7,12-15H2,1-4H3/t19-,20-/m0/s1. The van der Waals surface area contributed by atoms with E-state index in [9.17, 15) is 9.59 Å². The second-order valence-electron chi connectivity index (χ2n) is 8.03. The molecule has 1 aromatic carbocycles. The molecule has 2 aliphatic rings. The fraction of sp³-hybridized carbons (Fsp3) is 0.636. The first-order valence-electron chi connectivity index (χ1n) is 10.5. The van der Waals surface area contributed by atoms with E-state index in [2.05, 4.69) is 25.7 Å². The monoisotopic (exact) mass is 387 g/mol. The Hall–Kier alpha value is -2.08. The highest BCUT2D eigenvalue weighted by atomic mass is 16.5. The molecule has 0 bridgehead atoms. The van der Waals surface area contributed by atoms with Crippen molar-refractivity contribution in [1.29, 1.82) is 0 Å². The van der Waals surface area contributed by atoms with E-state index in [-0.39, 0.29) is 17.9 Å². The lowest BCUT2D eigenvalue weighted by molar-refractivity contribution is -0.134. The fourth-order valence-electron chi connectivity index (χ4n) is 4.38. The molecule has 3 rings (SSSR count). The van der Waals surface area contributed by atoms with Crippen LogP contribution >= 0.6 is 0 Å². The van der Waals surface area contributed by atoms with Crippen molar-refractivity contribution in [2.75, 3.05) is 38.2 Å². The van der Waals surface area contributed by atoms with Crippen molar-refractivity contribution < 1.29 is 14.3 Å². The normalized spacial score (nSPS) is 22.2. The molecular weight excluding hydrogens is 354 g/mol. The van der Waals surface area contributed by atoms with Crippen LogP contribution in [0.3, 0.4) is 0 Å². The van der Waals surface area contributed by atoms with E-state index in [1.807, 2.05) is 29.2 Å². The van der Waals surface area contributed by atoms with Gasteiger partial charge in [0.15, 0.2) is 0 Å². The number of hydrogen-bond donors (Lipinski definition) is 0. The summed E-state index contributed by atoms with van der Waals surface area (Å²) in [5.41, 5.74) is 1.73. The summed E-state index contributed by atoms with van der Waals surface area (Å²) in [5.74, 6) is -0.0183. The number of rotatable bonds is 6. The lowest BCUT2D eigenvalue weighted by atomic mass is 10.1. The minimum absolute atomic E-state index is 0.0685. The Morgan fingerprint density at radius 1 is 1.18 bits per heavy atom. The van der Waals surface area contributed by atoms with Crippen LogP contribution in [-0.4, -0.2) is 73.1 Å². The smallest absolute Gasteiger partial charge is 0.254 e. The molecule has 0 radical (unpaired) electrons. The topological polar surface area (TPSA) is 53.1 Å². The lowest BCUT2D eigenvalue weighted by Crippen LogP contribution is -2.47. The summed E-state index contributed by atoms with van der Waals surface area (Å²) in [4.78, 5) is 32.1. The molecule has 2 amide bonds. The van der Waals surface area contributed by atoms with Crippen molar-refractivity contribution in [2.45, 2.75) is 58.2 Å². The summed E-state index contributed by atoms with van der Waals surface area (Å²) in [7, 11) is 1.65. The average Bonchev–Trinajstić information content (AvgIpc) is 3.37. The molecular formula is C22H33N3O3. The van der Waals surface area contributed by atoms with E-state index in [4.69, 9.17) is 4.74 Å². The molecule has 0 spiro atoms. The molecule has 1 aromatic rings. The number of amides is 2. The maximum atomic E-state index is 13.2. The summed E-state index contributed by atoms with van der Waals surface area (Å²) in [6, 6.07) is 7.73. The Kier molecular flexibility index (Phi) is 6.60. The van der Waals surface area contributed by atoms with Crippen molar-refractivity contribution >= 4 is 17.5 Å². The number of benzene rings is 1. The van der Waals surface area contributed by atoms with Crippen molar-refractivity contribution in [2.24, 2.45) is 0 Å². The second kappa shape index (κ2) is 8.95. The van der Waals surface area contributed by atoms with Crippen LogP contribution in [0.2, 0.25) is 0 Å². The number of likely N-dealkylation sites (tertiary alicyclic amines) is 2. The Morgan fingerprint density at radius 3 is 2.36 bits per heavy atom. The summed E-state index contributed by atoms with van der Waals surface area (Å²) in [6.45, 7) is 9.42. The van der Waals surface area contributed by atoms with Crippen LogP contribution in [0, 0.1) is 0 Å². The number of hydrogen-bond acceptors (Lipinski definition) is 4. The van der Waals surface area contributed by atoms with Gasteiger partial charge in [-0.1, -0.05) is 0 Å². The van der Waals surface area contributed by atoms with Crippen molar-refractivity contribution in [3.8, 4) is 0 Å². The minimum atomic E-state index is -0.418. The predicted octanol–water partition coefficient (Wildman–Crippen LogP) is 2.77. The third-order valence-electron chi connectivity index (χ3n) is 5.97. The molecule has 0 unspecified atom stereocenters. The number of carbonyl (C=O) groups is 2. The Balaban J connectivity index is 1.77. The molecule has 6 nitrogen and oxygen atoms in total. The van der Waals surface area contributed by atoms with Crippen molar-refractivity contribution in [1.82, 2.24) is 9.80 Å². The van der Waals surface area contributed by atoms with Gasteiger partial charge in [0.1, 0.15) is 6.04 Å². The molecule has 154 valence electrons. The Bertz CT molecular complexity index is 683. The Morgan fingerprint density at radius 2 is 1.82 bits per heavy atom. The summed E-state index contributed by atoms with van der Waals surface area (Å²) < 4.78 is 5.49. The summed E-state index contributed by atoms with van der Waals surface area (Å²) in [5, 5.41) is 0. The second-order valence-corrected chi connectivity index (χ2v) is 8.03. The lowest BCUT2D eigenvalue weighted by Gasteiger charge is -2.29. The largest absolute Gasteiger partial charge is 0.380 e. The number of methoxy groups -OCH3 is 1. The summed E-state index contributed by atoms with van der Waals surface area (Å²) >= 11 is 0. The zero-order valence-corrected chi connectivity index (χ0v) is 17.6. The van der Waals surface area contributed by atoms with Gasteiger partial charge in [-0.15, -0.1) is 0 Å². The molecule has 0 N–H and O–H groups in total. The van der Waals surface area contributed by atoms with Crippen molar-refractivity contribution in [3.63, 3.8) is 0 Å². The molecule has 0 aromatic heterocycles. The quantitative estimate of drug-likeness (QED) is 0.753. The number of anilines is 1. The average molecular weight is 388 g/mol. The fourth-order valence-corrected chi connectivity index (χ4v) is 4.38. The zero-order chi connectivity index (χ0) is 20.3. The third kappa shape index (κ3) is 4.17. The van der Waals surface area contributed by atoms with Gasteiger partial charge in [0, 0.05) is 57.0 Å². The highest BCUT2D eigenvalue weighted by molar-refractivity contribution is 5.98. The van der Waals surface area contributed by atoms with Gasteiger partial charge in [-0.05, 0) is 57.9 Å². The number of carbonyl (C=O) groups excluding carboxylic acids is 2. The van der Waals surface area contributed by atoms with Gasteiger partial charge in [0.25, 0.3) is 5.91 Å². The molecule has 28 heavy (non-hydrogen) atoms. The first-order valence-corrected chi connectivity index (χ1v) is 10.5. The van der Waals surface area contributed by atoms with E-state index in [1.165, 1.54) is 0 Å². The number of nitrogens with zero attached hydrogens (tertiary/aromatic N) is 3. The summed E-state index contributed by atoms with van der Waals surface area (Å²) in [6.07, 6.45) is 2.58. The van der Waals surface area contributed by atoms with E-state index in [1.54, 1.807) is 12.0 Å². The van der Waals surface area contributed by atoms with Gasteiger partial charge in [-0.3, -0.25) is 9.59 Å². The molecule has 6 heteroatoms. The van der Waals surface area contributed by atoms with E-state index < -0.39 is 6.04 Å². The van der Waals surface area contributed by atoms with Crippen molar-refractivity contribution in [3.05, 3.63) is 29.8 Å². The molecule has 2 heterocycles. The first kappa shape index (κ1) is 20.6. The highest BCUT2D eigenvalue weighted by Gasteiger charge is 2.42. The third-order valence-corrected chi connectivity index (χ3v) is 5.97. The molecule has 0 saturated carbocycles. The molecule has 2 saturated heterocycles. The minimum Gasteiger partial charge on any atom is -0.380 e.